The van der Waals surface area contributed by atoms with Gasteiger partial charge >= 0.3 is 19.8 Å². The minimum atomic E-state index is -4.42. The Labute approximate surface area is 528 Å². The highest BCUT2D eigenvalue weighted by molar-refractivity contribution is 7.47. The average Bonchev–Trinajstić information content (AvgIpc) is 3.67. The Bertz CT molecular complexity index is 2060. The molecule has 9 nitrogen and oxygen atoms in total. The van der Waals surface area contributed by atoms with Crippen LogP contribution in [0.5, 0.6) is 0 Å². The van der Waals surface area contributed by atoms with Crippen LogP contribution in [0.3, 0.4) is 0 Å². The van der Waals surface area contributed by atoms with E-state index in [9.17, 15) is 19.0 Å². The summed E-state index contributed by atoms with van der Waals surface area (Å²) in [6, 6.07) is 0. The number of allylic oxidation sites excluding steroid dienone is 28. The second-order valence-corrected chi connectivity index (χ2v) is 24.5. The van der Waals surface area contributed by atoms with Crippen LogP contribution in [0.15, 0.2) is 170 Å². The molecule has 86 heavy (non-hydrogen) atoms. The summed E-state index contributed by atoms with van der Waals surface area (Å²) in [5.74, 6) is -0.875. The van der Waals surface area contributed by atoms with E-state index in [2.05, 4.69) is 184 Å². The van der Waals surface area contributed by atoms with Gasteiger partial charge in [-0.25, -0.2) is 4.57 Å². The standard InChI is InChI=1S/C76H124NO8P/c1-6-8-10-12-14-16-18-20-22-24-26-28-30-32-34-36-37-38-39-41-42-44-46-48-50-52-54-56-58-60-62-64-66-68-75(78)82-72-74(73-84-86(80,81)83-71-70-77(3,4)5)85-76(79)69-67-65-63-61-59-57-55-53-51-49-47-45-43-40-35-33-31-29-27-25-23-21-19-17-15-13-11-9-7-2/h8-11,14-17,20-23,26-29,32-35,43,45,49,51,55,57,61,63,74H,6-7,12-13,18-19,24-25,30-31,36-42,44,46-48,50,52-54,56,58-60,62,64-73H2,1-5H3/p+1/b10-8-,11-9-,16-14-,17-15-,22-20-,23-21-,28-26-,29-27-,34-32-,35-33-,45-43-,51-49-,57-55-,63-61-. The molecule has 0 heterocycles. The van der Waals surface area contributed by atoms with Crippen molar-refractivity contribution >= 4 is 19.8 Å². The van der Waals surface area contributed by atoms with E-state index in [1.165, 1.54) is 96.3 Å². The summed E-state index contributed by atoms with van der Waals surface area (Å²) in [6.45, 7) is 4.13. The Morgan fingerprint density at radius 3 is 0.965 bits per heavy atom. The molecule has 0 amide bonds. The molecule has 0 aliphatic rings. The first-order chi connectivity index (χ1) is 42.0. The smallest absolute Gasteiger partial charge is 0.462 e. The third-order valence-electron chi connectivity index (χ3n) is 13.7. The first-order valence-electron chi connectivity index (χ1n) is 33.9. The zero-order valence-corrected chi connectivity index (χ0v) is 56.1. The minimum Gasteiger partial charge on any atom is -0.462 e. The van der Waals surface area contributed by atoms with Crippen LogP contribution in [-0.2, 0) is 32.7 Å². The predicted octanol–water partition coefficient (Wildman–Crippen LogP) is 22.2. The number of phosphoric ester groups is 1. The van der Waals surface area contributed by atoms with Crippen molar-refractivity contribution in [2.75, 3.05) is 47.5 Å². The van der Waals surface area contributed by atoms with Gasteiger partial charge < -0.3 is 18.9 Å². The lowest BCUT2D eigenvalue weighted by Crippen LogP contribution is -2.37. The molecule has 2 unspecified atom stereocenters. The van der Waals surface area contributed by atoms with Gasteiger partial charge in [0.2, 0.25) is 0 Å². The van der Waals surface area contributed by atoms with Crippen molar-refractivity contribution in [1.29, 1.82) is 0 Å². The molecule has 0 aliphatic heterocycles. The third-order valence-corrected chi connectivity index (χ3v) is 14.7. The second kappa shape index (κ2) is 64.8. The quantitative estimate of drug-likeness (QED) is 0.0211. The number of unbranched alkanes of at least 4 members (excludes halogenated alkanes) is 18. The number of hydrogen-bond acceptors (Lipinski definition) is 7. The van der Waals surface area contributed by atoms with E-state index in [-0.39, 0.29) is 32.0 Å². The Morgan fingerprint density at radius 1 is 0.360 bits per heavy atom. The van der Waals surface area contributed by atoms with Crippen molar-refractivity contribution in [3.63, 3.8) is 0 Å². The van der Waals surface area contributed by atoms with Gasteiger partial charge in [0.05, 0.1) is 27.7 Å². The molecule has 0 aromatic rings. The lowest BCUT2D eigenvalue weighted by atomic mass is 10.0. The van der Waals surface area contributed by atoms with E-state index >= 15 is 0 Å². The van der Waals surface area contributed by atoms with Gasteiger partial charge in [-0.1, -0.05) is 280 Å². The van der Waals surface area contributed by atoms with E-state index in [4.69, 9.17) is 18.5 Å². The second-order valence-electron chi connectivity index (χ2n) is 23.1. The SMILES string of the molecule is CC/C=C\C/C=C\C/C=C\C/C=C\C/C=C\C/C=C\C/C=C\C/C=C\C/C=C\CCCC(=O)OC(COC(=O)CCCCCCCCCCCCCCCCCCC/C=C\C/C=C\C/C=C\C/C=C\C/C=C\CC)COP(=O)(O)OCC[N+](C)(C)C. The van der Waals surface area contributed by atoms with E-state index in [0.717, 1.165) is 109 Å². The fourth-order valence-corrected chi connectivity index (χ4v) is 9.37. The molecule has 0 saturated heterocycles. The van der Waals surface area contributed by atoms with Crippen LogP contribution in [0.1, 0.15) is 245 Å². The summed E-state index contributed by atoms with van der Waals surface area (Å²) in [5, 5.41) is 0. The van der Waals surface area contributed by atoms with Crippen molar-refractivity contribution in [3.8, 4) is 0 Å². The maximum Gasteiger partial charge on any atom is 0.472 e. The molecule has 10 heteroatoms. The number of phosphoric acid groups is 1. The number of carbonyl (C=O) groups is 2. The number of quaternary nitrogens is 1. The number of ether oxygens (including phenoxy) is 2. The van der Waals surface area contributed by atoms with Crippen LogP contribution >= 0.6 is 7.82 Å². The zero-order chi connectivity index (χ0) is 62.6. The van der Waals surface area contributed by atoms with Gasteiger partial charge in [0.15, 0.2) is 6.10 Å². The van der Waals surface area contributed by atoms with Crippen LogP contribution < -0.4 is 0 Å². The van der Waals surface area contributed by atoms with Gasteiger partial charge in [0, 0.05) is 12.8 Å². The van der Waals surface area contributed by atoms with Crippen molar-refractivity contribution in [1.82, 2.24) is 0 Å². The molecular formula is C76H125NO8P+. The Morgan fingerprint density at radius 2 is 0.640 bits per heavy atom. The molecular weight excluding hydrogens is 1090 g/mol. The van der Waals surface area contributed by atoms with Gasteiger partial charge in [-0.2, -0.15) is 0 Å². The average molecular weight is 1210 g/mol. The monoisotopic (exact) mass is 1210 g/mol. The van der Waals surface area contributed by atoms with Gasteiger partial charge in [-0.15, -0.1) is 0 Å². The highest BCUT2D eigenvalue weighted by Gasteiger charge is 2.27. The molecule has 0 bridgehead atoms. The van der Waals surface area contributed by atoms with Gasteiger partial charge in [-0.3, -0.25) is 18.6 Å². The Hall–Kier alpha value is -4.63. The number of rotatable bonds is 60. The first kappa shape index (κ1) is 81.4. The normalized spacial score (nSPS) is 14.3. The Balaban J connectivity index is 4.19. The highest BCUT2D eigenvalue weighted by atomic mass is 31.2. The van der Waals surface area contributed by atoms with E-state index in [1.54, 1.807) is 0 Å². The highest BCUT2D eigenvalue weighted by Crippen LogP contribution is 2.43. The minimum absolute atomic E-state index is 0.0123. The number of likely N-dealkylation sites (N-methyl/N-ethyl adjacent to an activating group) is 1. The van der Waals surface area contributed by atoms with Crippen molar-refractivity contribution in [2.24, 2.45) is 0 Å². The molecule has 0 aliphatic carbocycles. The van der Waals surface area contributed by atoms with Gasteiger partial charge in [-0.05, 0) is 122 Å². The molecule has 0 aromatic carbocycles. The van der Waals surface area contributed by atoms with Gasteiger partial charge in [0.25, 0.3) is 0 Å². The number of hydrogen-bond donors (Lipinski definition) is 1. The summed E-state index contributed by atoms with van der Waals surface area (Å²) in [4.78, 5) is 35.8. The summed E-state index contributed by atoms with van der Waals surface area (Å²) >= 11 is 0. The lowest BCUT2D eigenvalue weighted by Gasteiger charge is -2.24. The predicted molar refractivity (Wildman–Crippen MR) is 371 cm³/mol. The van der Waals surface area contributed by atoms with Crippen LogP contribution in [0.2, 0.25) is 0 Å². The third kappa shape index (κ3) is 68.5. The van der Waals surface area contributed by atoms with Crippen LogP contribution in [0, 0.1) is 0 Å². The molecule has 1 N–H and O–H groups in total. The molecule has 0 radical (unpaired) electrons. The topological polar surface area (TPSA) is 108 Å². The molecule has 0 aromatic heterocycles. The summed E-state index contributed by atoms with van der Waals surface area (Å²) in [5.41, 5.74) is 0. The summed E-state index contributed by atoms with van der Waals surface area (Å²) in [7, 11) is 1.42. The molecule has 0 rings (SSSR count). The largest absolute Gasteiger partial charge is 0.472 e. The summed E-state index contributed by atoms with van der Waals surface area (Å²) in [6.07, 6.45) is 98.9. The van der Waals surface area contributed by atoms with Crippen molar-refractivity contribution in [2.45, 2.75) is 251 Å². The Kier molecular flexibility index (Phi) is 61.3. The number of nitrogens with zero attached hydrogens (tertiary/aromatic N) is 1. The number of esters is 2. The summed E-state index contributed by atoms with van der Waals surface area (Å²) < 4.78 is 34.6. The zero-order valence-electron chi connectivity index (χ0n) is 55.2. The van der Waals surface area contributed by atoms with Crippen molar-refractivity contribution < 1.29 is 42.1 Å². The van der Waals surface area contributed by atoms with Crippen LogP contribution in [0.25, 0.3) is 0 Å². The number of carbonyl (C=O) groups excluding carboxylic acids is 2. The molecule has 0 saturated carbocycles. The maximum absolute atomic E-state index is 12.8. The fraction of sp³-hybridized carbons (Fsp3) is 0.605. The molecule has 0 spiro atoms. The molecule has 486 valence electrons. The first-order valence-corrected chi connectivity index (χ1v) is 35.4. The van der Waals surface area contributed by atoms with Crippen LogP contribution in [-0.4, -0.2) is 74.9 Å². The fourth-order valence-electron chi connectivity index (χ4n) is 8.63. The lowest BCUT2D eigenvalue weighted by molar-refractivity contribution is -0.870. The van der Waals surface area contributed by atoms with E-state index < -0.39 is 26.5 Å². The van der Waals surface area contributed by atoms with Crippen molar-refractivity contribution in [3.05, 3.63) is 170 Å². The molecule has 2 atom stereocenters. The van der Waals surface area contributed by atoms with E-state index in [0.29, 0.717) is 23.9 Å². The van der Waals surface area contributed by atoms with Crippen LogP contribution in [0.4, 0.5) is 0 Å². The van der Waals surface area contributed by atoms with E-state index in [1.807, 2.05) is 21.1 Å². The maximum atomic E-state index is 12.8. The van der Waals surface area contributed by atoms with Gasteiger partial charge in [0.1, 0.15) is 19.8 Å². The molecule has 0 fully saturated rings.